The predicted molar refractivity (Wildman–Crippen MR) is 92.6 cm³/mol. The first-order chi connectivity index (χ1) is 11.2. The summed E-state index contributed by atoms with van der Waals surface area (Å²) in [5.41, 5.74) is 2.04. The molecule has 3 rings (SSSR count). The molecule has 118 valence electrons. The third-order valence-corrected chi connectivity index (χ3v) is 4.44. The molecule has 0 aliphatic carbocycles. The Morgan fingerprint density at radius 3 is 2.43 bits per heavy atom. The van der Waals surface area contributed by atoms with Crippen LogP contribution in [0.3, 0.4) is 0 Å². The fourth-order valence-corrected chi connectivity index (χ4v) is 3.26. The van der Waals surface area contributed by atoms with Crippen molar-refractivity contribution >= 4 is 11.6 Å². The lowest BCUT2D eigenvalue weighted by atomic mass is 9.84. The maximum atomic E-state index is 12.7. The first-order valence-corrected chi connectivity index (χ1v) is 7.88. The van der Waals surface area contributed by atoms with Crippen LogP contribution in [0, 0.1) is 5.92 Å². The van der Waals surface area contributed by atoms with E-state index >= 15 is 0 Å². The van der Waals surface area contributed by atoms with Gasteiger partial charge in [-0.05, 0) is 36.2 Å². The van der Waals surface area contributed by atoms with Crippen molar-refractivity contribution in [3.05, 3.63) is 72.8 Å². The van der Waals surface area contributed by atoms with Crippen LogP contribution in [-0.2, 0) is 4.79 Å². The number of methoxy groups -OCH3 is 1. The fraction of sp³-hybridized carbons (Fsp3) is 0.250. The van der Waals surface area contributed by atoms with Gasteiger partial charge >= 0.3 is 0 Å². The molecule has 0 unspecified atom stereocenters. The number of hydrogen-bond acceptors (Lipinski definition) is 2. The average molecular weight is 307 g/mol. The number of amides is 1. The largest absolute Gasteiger partial charge is 0.497 e. The zero-order valence-electron chi connectivity index (χ0n) is 13.3. The van der Waals surface area contributed by atoms with Gasteiger partial charge in [0.1, 0.15) is 5.75 Å². The summed E-state index contributed by atoms with van der Waals surface area (Å²) in [6, 6.07) is 17.8. The monoisotopic (exact) mass is 307 g/mol. The van der Waals surface area contributed by atoms with Crippen molar-refractivity contribution in [2.75, 3.05) is 12.0 Å². The van der Waals surface area contributed by atoms with Crippen molar-refractivity contribution in [1.82, 2.24) is 0 Å². The van der Waals surface area contributed by atoms with Gasteiger partial charge in [0.2, 0.25) is 5.91 Å². The third kappa shape index (κ3) is 3.00. The van der Waals surface area contributed by atoms with Crippen LogP contribution >= 0.6 is 0 Å². The van der Waals surface area contributed by atoms with Gasteiger partial charge in [0, 0.05) is 18.0 Å². The van der Waals surface area contributed by atoms with E-state index in [1.807, 2.05) is 53.4 Å². The molecule has 3 nitrogen and oxygen atoms in total. The summed E-state index contributed by atoms with van der Waals surface area (Å²) in [5, 5.41) is 0. The van der Waals surface area contributed by atoms with E-state index in [1.165, 1.54) is 0 Å². The molecule has 3 heteroatoms. The summed E-state index contributed by atoms with van der Waals surface area (Å²) in [5.74, 6) is 1.19. The predicted octanol–water partition coefficient (Wildman–Crippen LogP) is 4.37. The van der Waals surface area contributed by atoms with Gasteiger partial charge in [0.05, 0.1) is 13.2 Å². The Balaban J connectivity index is 2.04. The molecule has 0 aromatic heterocycles. The molecule has 1 aliphatic rings. The number of anilines is 1. The average Bonchev–Trinajstić information content (AvgIpc) is 2.62. The summed E-state index contributed by atoms with van der Waals surface area (Å²) in [4.78, 5) is 14.6. The number of piperidine rings is 1. The number of nitrogens with zero attached hydrogens (tertiary/aromatic N) is 1. The second-order valence-electron chi connectivity index (χ2n) is 5.76. The van der Waals surface area contributed by atoms with Crippen molar-refractivity contribution < 1.29 is 9.53 Å². The Morgan fingerprint density at radius 2 is 1.83 bits per heavy atom. The Hall–Kier alpha value is -2.55. The van der Waals surface area contributed by atoms with Crippen molar-refractivity contribution in [2.45, 2.75) is 18.9 Å². The highest BCUT2D eigenvalue weighted by atomic mass is 16.5. The molecule has 2 aromatic carbocycles. The van der Waals surface area contributed by atoms with E-state index in [2.05, 4.69) is 18.7 Å². The van der Waals surface area contributed by atoms with Crippen LogP contribution in [0.1, 0.15) is 24.4 Å². The molecule has 0 radical (unpaired) electrons. The zero-order chi connectivity index (χ0) is 16.2. The quantitative estimate of drug-likeness (QED) is 0.785. The van der Waals surface area contributed by atoms with Crippen LogP contribution in [0.15, 0.2) is 67.3 Å². The van der Waals surface area contributed by atoms with E-state index in [-0.39, 0.29) is 17.9 Å². The lowest BCUT2D eigenvalue weighted by molar-refractivity contribution is -0.120. The minimum absolute atomic E-state index is 0.0108. The fourth-order valence-electron chi connectivity index (χ4n) is 3.26. The topological polar surface area (TPSA) is 29.5 Å². The van der Waals surface area contributed by atoms with Crippen molar-refractivity contribution in [2.24, 2.45) is 5.92 Å². The number of carbonyl (C=O) groups excluding carboxylic acids is 1. The van der Waals surface area contributed by atoms with E-state index in [0.29, 0.717) is 6.42 Å². The summed E-state index contributed by atoms with van der Waals surface area (Å²) in [6.45, 7) is 3.98. The number of hydrogen-bond donors (Lipinski definition) is 0. The second kappa shape index (κ2) is 6.69. The van der Waals surface area contributed by atoms with Crippen molar-refractivity contribution in [3.8, 4) is 5.75 Å². The van der Waals surface area contributed by atoms with Gasteiger partial charge in [0.25, 0.3) is 0 Å². The summed E-state index contributed by atoms with van der Waals surface area (Å²) in [6.07, 6.45) is 3.36. The lowest BCUT2D eigenvalue weighted by Crippen LogP contribution is -2.42. The standard InChI is InChI=1S/C20H21NO2/c1-3-15-9-14-19(22)21(17-10-12-18(23-2)13-11-17)20(15)16-7-5-4-6-8-16/h3-8,10-13,15,20H,1,9,14H2,2H3/t15-,20-/m1/s1. The molecule has 1 aliphatic heterocycles. The molecule has 1 fully saturated rings. The molecule has 0 bridgehead atoms. The molecule has 2 atom stereocenters. The maximum Gasteiger partial charge on any atom is 0.227 e. The van der Waals surface area contributed by atoms with Gasteiger partial charge in [-0.25, -0.2) is 0 Å². The summed E-state index contributed by atoms with van der Waals surface area (Å²) < 4.78 is 5.22. The van der Waals surface area contributed by atoms with Crippen molar-refractivity contribution in [1.29, 1.82) is 0 Å². The lowest BCUT2D eigenvalue weighted by Gasteiger charge is -2.40. The number of carbonyl (C=O) groups is 1. The highest BCUT2D eigenvalue weighted by Crippen LogP contribution is 2.40. The van der Waals surface area contributed by atoms with Crippen LogP contribution in [0.5, 0.6) is 5.75 Å². The van der Waals surface area contributed by atoms with Crippen LogP contribution < -0.4 is 9.64 Å². The van der Waals surface area contributed by atoms with Crippen molar-refractivity contribution in [3.63, 3.8) is 0 Å². The van der Waals surface area contributed by atoms with E-state index in [1.54, 1.807) is 7.11 Å². The normalized spacial score (nSPS) is 21.1. The van der Waals surface area contributed by atoms with Gasteiger partial charge in [0.15, 0.2) is 0 Å². The first-order valence-electron chi connectivity index (χ1n) is 7.88. The summed E-state index contributed by atoms with van der Waals surface area (Å²) >= 11 is 0. The SMILES string of the molecule is C=C[C@@H]1CCC(=O)N(c2ccc(OC)cc2)[C@H]1c1ccccc1. The van der Waals surface area contributed by atoms with Gasteiger partial charge < -0.3 is 9.64 Å². The Labute approximate surface area is 137 Å². The smallest absolute Gasteiger partial charge is 0.227 e. The Bertz CT molecular complexity index is 679. The molecule has 23 heavy (non-hydrogen) atoms. The van der Waals surface area contributed by atoms with Gasteiger partial charge in [-0.15, -0.1) is 6.58 Å². The van der Waals surface area contributed by atoms with Crippen LogP contribution in [0.25, 0.3) is 0 Å². The molecule has 0 saturated carbocycles. The molecular weight excluding hydrogens is 286 g/mol. The van der Waals surface area contributed by atoms with Crippen LogP contribution in [0.4, 0.5) is 5.69 Å². The zero-order valence-corrected chi connectivity index (χ0v) is 13.3. The molecular formula is C20H21NO2. The minimum Gasteiger partial charge on any atom is -0.497 e. The molecule has 1 amide bonds. The number of ether oxygens (including phenoxy) is 1. The van der Waals surface area contributed by atoms with E-state index < -0.39 is 0 Å². The summed E-state index contributed by atoms with van der Waals surface area (Å²) in [7, 11) is 1.64. The molecule has 2 aromatic rings. The van der Waals surface area contributed by atoms with E-state index in [4.69, 9.17) is 4.74 Å². The molecule has 1 heterocycles. The maximum absolute atomic E-state index is 12.7. The second-order valence-corrected chi connectivity index (χ2v) is 5.76. The molecule has 0 spiro atoms. The van der Waals surface area contributed by atoms with Crippen LogP contribution in [-0.4, -0.2) is 13.0 Å². The first kappa shape index (κ1) is 15.3. The molecule has 1 saturated heterocycles. The third-order valence-electron chi connectivity index (χ3n) is 4.44. The van der Waals surface area contributed by atoms with Gasteiger partial charge in [-0.1, -0.05) is 36.4 Å². The Kier molecular flexibility index (Phi) is 4.47. The Morgan fingerprint density at radius 1 is 1.13 bits per heavy atom. The van der Waals surface area contributed by atoms with Gasteiger partial charge in [-0.2, -0.15) is 0 Å². The van der Waals surface area contributed by atoms with Crippen LogP contribution in [0.2, 0.25) is 0 Å². The van der Waals surface area contributed by atoms with E-state index in [9.17, 15) is 4.79 Å². The van der Waals surface area contributed by atoms with E-state index in [0.717, 1.165) is 23.4 Å². The van der Waals surface area contributed by atoms with Gasteiger partial charge in [-0.3, -0.25) is 4.79 Å². The number of rotatable bonds is 4. The highest BCUT2D eigenvalue weighted by Gasteiger charge is 2.36. The highest BCUT2D eigenvalue weighted by molar-refractivity contribution is 5.95. The molecule has 0 N–H and O–H groups in total. The number of benzene rings is 2. The minimum atomic E-state index is -0.0108.